The van der Waals surface area contributed by atoms with Crippen LogP contribution in [0.3, 0.4) is 0 Å². The molecule has 0 aromatic rings. The van der Waals surface area contributed by atoms with Crippen LogP contribution in [0.25, 0.3) is 0 Å². The van der Waals surface area contributed by atoms with Gasteiger partial charge in [0.15, 0.2) is 0 Å². The van der Waals surface area contributed by atoms with E-state index in [0.29, 0.717) is 0 Å². The van der Waals surface area contributed by atoms with Gasteiger partial charge in [0.1, 0.15) is 0 Å². The smallest absolute Gasteiger partial charge is 0.259 e. The van der Waals surface area contributed by atoms with Crippen LogP contribution in [0.15, 0.2) is 0 Å². The summed E-state index contributed by atoms with van der Waals surface area (Å²) in [5, 5.41) is 0. The van der Waals surface area contributed by atoms with Gasteiger partial charge in [-0.2, -0.15) is 21.6 Å². The monoisotopic (exact) mass is 244 g/mol. The second-order valence-corrected chi connectivity index (χ2v) is 5.70. The summed E-state index contributed by atoms with van der Waals surface area (Å²) in [6.07, 6.45) is 2.38. The van der Waals surface area contributed by atoms with Gasteiger partial charge in [-0.3, -0.25) is 4.18 Å². The van der Waals surface area contributed by atoms with E-state index < -0.39 is 21.7 Å². The molecule has 2 aliphatic rings. The summed E-state index contributed by atoms with van der Waals surface area (Å²) in [6.45, 7) is 0. The summed E-state index contributed by atoms with van der Waals surface area (Å²) in [4.78, 5) is 0. The van der Waals surface area contributed by atoms with Crippen molar-refractivity contribution in [3.8, 4) is 0 Å². The lowest BCUT2D eigenvalue weighted by Gasteiger charge is -2.17. The van der Waals surface area contributed by atoms with Crippen LogP contribution in [-0.2, 0) is 14.3 Å². The van der Waals surface area contributed by atoms with Gasteiger partial charge in [-0.25, -0.2) is 0 Å². The zero-order chi connectivity index (χ0) is 11.3. The SMILES string of the molecule is O=S(=O)(OC1C2CCC1CC2)C(F)(F)F. The molecule has 0 atom stereocenters. The fourth-order valence-corrected chi connectivity index (χ4v) is 3.26. The molecule has 2 aliphatic carbocycles. The maximum atomic E-state index is 12.0. The van der Waals surface area contributed by atoms with Gasteiger partial charge >= 0.3 is 15.6 Å². The minimum Gasteiger partial charge on any atom is -0.259 e. The highest BCUT2D eigenvalue weighted by Gasteiger charge is 2.53. The van der Waals surface area contributed by atoms with E-state index >= 15 is 0 Å². The molecule has 2 saturated carbocycles. The number of hydrogen-bond acceptors (Lipinski definition) is 3. The highest BCUT2D eigenvalue weighted by Crippen LogP contribution is 2.47. The van der Waals surface area contributed by atoms with Gasteiger partial charge in [-0.1, -0.05) is 0 Å². The molecule has 0 amide bonds. The van der Waals surface area contributed by atoms with E-state index in [0.717, 1.165) is 25.7 Å². The summed E-state index contributed by atoms with van der Waals surface area (Å²) in [5.74, 6) is -0.0146. The summed E-state index contributed by atoms with van der Waals surface area (Å²) in [5.41, 5.74) is -5.30. The van der Waals surface area contributed by atoms with Gasteiger partial charge in [0.25, 0.3) is 0 Å². The second kappa shape index (κ2) is 3.35. The Hall–Kier alpha value is -0.300. The minimum absolute atomic E-state index is 0.00729. The Labute approximate surface area is 85.7 Å². The predicted molar refractivity (Wildman–Crippen MR) is 45.3 cm³/mol. The van der Waals surface area contributed by atoms with Crippen LogP contribution in [0.4, 0.5) is 13.2 Å². The minimum atomic E-state index is -5.41. The summed E-state index contributed by atoms with van der Waals surface area (Å²) in [6, 6.07) is 0. The van der Waals surface area contributed by atoms with Crippen molar-refractivity contribution in [2.24, 2.45) is 11.8 Å². The van der Waals surface area contributed by atoms with Gasteiger partial charge in [0.05, 0.1) is 6.10 Å². The van der Waals surface area contributed by atoms with Crippen molar-refractivity contribution < 1.29 is 25.8 Å². The molecule has 2 fully saturated rings. The van der Waals surface area contributed by atoms with E-state index in [1.54, 1.807) is 0 Å². The maximum absolute atomic E-state index is 12.0. The Morgan fingerprint density at radius 2 is 1.40 bits per heavy atom. The molecule has 0 saturated heterocycles. The van der Waals surface area contributed by atoms with E-state index in [9.17, 15) is 21.6 Å². The van der Waals surface area contributed by atoms with E-state index in [1.807, 2.05) is 0 Å². The molecule has 2 rings (SSSR count). The van der Waals surface area contributed by atoms with Crippen LogP contribution in [0.1, 0.15) is 25.7 Å². The first-order valence-corrected chi connectivity index (χ1v) is 6.21. The van der Waals surface area contributed by atoms with Gasteiger partial charge < -0.3 is 0 Å². The Balaban J connectivity index is 2.10. The summed E-state index contributed by atoms with van der Waals surface area (Å²) in [7, 11) is -5.41. The van der Waals surface area contributed by atoms with Crippen LogP contribution in [0.5, 0.6) is 0 Å². The molecule has 0 unspecified atom stereocenters. The quantitative estimate of drug-likeness (QED) is 0.551. The normalized spacial score (nSPS) is 36.1. The standard InChI is InChI=1S/C8H11F3O3S/c9-8(10,11)15(12,13)14-7-5-1-2-6(7)4-3-5/h5-7H,1-4H2. The lowest BCUT2D eigenvalue weighted by atomic mass is 10.0. The average Bonchev–Trinajstić information content (AvgIpc) is 2.62. The van der Waals surface area contributed by atoms with Crippen molar-refractivity contribution in [3.63, 3.8) is 0 Å². The highest BCUT2D eigenvalue weighted by molar-refractivity contribution is 7.87. The molecule has 0 N–H and O–H groups in total. The lowest BCUT2D eigenvalue weighted by molar-refractivity contribution is -0.0589. The third kappa shape index (κ3) is 1.87. The average molecular weight is 244 g/mol. The third-order valence-electron chi connectivity index (χ3n) is 3.27. The molecule has 2 bridgehead atoms. The lowest BCUT2D eigenvalue weighted by Crippen LogP contribution is -2.32. The van der Waals surface area contributed by atoms with Crippen molar-refractivity contribution in [3.05, 3.63) is 0 Å². The molecule has 0 heterocycles. The Kier molecular flexibility index (Phi) is 2.50. The van der Waals surface area contributed by atoms with Crippen LogP contribution in [-0.4, -0.2) is 20.0 Å². The van der Waals surface area contributed by atoms with Crippen molar-refractivity contribution in [2.45, 2.75) is 37.3 Å². The van der Waals surface area contributed by atoms with Crippen LogP contribution in [0.2, 0.25) is 0 Å². The molecule has 0 aromatic heterocycles. The molecular weight excluding hydrogens is 233 g/mol. The molecule has 3 nitrogen and oxygen atoms in total. The first-order valence-electron chi connectivity index (χ1n) is 4.81. The third-order valence-corrected chi connectivity index (χ3v) is 4.31. The van der Waals surface area contributed by atoms with Crippen molar-refractivity contribution >= 4 is 10.1 Å². The maximum Gasteiger partial charge on any atom is 0.523 e. The fraction of sp³-hybridized carbons (Fsp3) is 1.00. The van der Waals surface area contributed by atoms with E-state index in [4.69, 9.17) is 0 Å². The van der Waals surface area contributed by atoms with Crippen molar-refractivity contribution in [1.82, 2.24) is 0 Å². The van der Waals surface area contributed by atoms with E-state index in [1.165, 1.54) is 0 Å². The second-order valence-electron chi connectivity index (χ2n) is 4.14. The summed E-state index contributed by atoms with van der Waals surface area (Å²) >= 11 is 0. The van der Waals surface area contributed by atoms with Crippen LogP contribution >= 0.6 is 0 Å². The fourth-order valence-electron chi connectivity index (χ4n) is 2.54. The number of halogens is 3. The van der Waals surface area contributed by atoms with Gasteiger partial charge in [0.2, 0.25) is 0 Å². The topological polar surface area (TPSA) is 43.4 Å². The number of rotatable bonds is 2. The van der Waals surface area contributed by atoms with Crippen molar-refractivity contribution in [2.75, 3.05) is 0 Å². The van der Waals surface area contributed by atoms with E-state index in [-0.39, 0.29) is 11.8 Å². The van der Waals surface area contributed by atoms with Crippen LogP contribution in [0, 0.1) is 11.8 Å². The Morgan fingerprint density at radius 3 is 1.73 bits per heavy atom. The molecule has 15 heavy (non-hydrogen) atoms. The zero-order valence-corrected chi connectivity index (χ0v) is 8.64. The highest BCUT2D eigenvalue weighted by atomic mass is 32.2. The first-order chi connectivity index (χ1) is 6.81. The van der Waals surface area contributed by atoms with Gasteiger partial charge in [-0.05, 0) is 37.5 Å². The first kappa shape index (κ1) is 11.2. The summed E-state index contributed by atoms with van der Waals surface area (Å²) < 4.78 is 62.0. The number of hydrogen-bond donors (Lipinski definition) is 0. The molecule has 88 valence electrons. The largest absolute Gasteiger partial charge is 0.523 e. The molecule has 0 spiro atoms. The number of fused-ring (bicyclic) bond motifs is 2. The molecule has 0 aromatic carbocycles. The van der Waals surface area contributed by atoms with Crippen molar-refractivity contribution in [1.29, 1.82) is 0 Å². The van der Waals surface area contributed by atoms with Gasteiger partial charge in [0, 0.05) is 0 Å². The van der Waals surface area contributed by atoms with Crippen LogP contribution < -0.4 is 0 Å². The van der Waals surface area contributed by atoms with E-state index in [2.05, 4.69) is 4.18 Å². The predicted octanol–water partition coefficient (Wildman–Crippen LogP) is 2.04. The van der Waals surface area contributed by atoms with Gasteiger partial charge in [-0.15, -0.1) is 0 Å². The molecule has 7 heteroatoms. The number of alkyl halides is 3. The Morgan fingerprint density at radius 1 is 1.00 bits per heavy atom. The molecule has 0 aliphatic heterocycles. The molecular formula is C8H11F3O3S. The zero-order valence-electron chi connectivity index (χ0n) is 7.83. The Bertz CT molecular complexity index is 329. The molecule has 0 radical (unpaired) electrons.